The quantitative estimate of drug-likeness (QED) is 0.739. The van der Waals surface area contributed by atoms with E-state index in [1.807, 2.05) is 6.92 Å². The highest BCUT2D eigenvalue weighted by atomic mass is 32.2. The second-order valence-electron chi connectivity index (χ2n) is 4.22. The Labute approximate surface area is 86.6 Å². The van der Waals surface area contributed by atoms with Crippen molar-refractivity contribution in [3.63, 3.8) is 0 Å². The molecule has 0 aromatic rings. The monoisotopic (exact) mass is 219 g/mol. The van der Waals surface area contributed by atoms with Gasteiger partial charge in [0.25, 0.3) is 10.1 Å². The molecule has 3 nitrogen and oxygen atoms in total. The Balaban J connectivity index is 2.30. The molecule has 4 heteroatoms. The van der Waals surface area contributed by atoms with Gasteiger partial charge in [0, 0.05) is 0 Å². The smallest absolute Gasteiger partial charge is 0.264 e. The predicted octanol–water partition coefficient (Wildman–Crippen LogP) is 2.44. The van der Waals surface area contributed by atoms with Gasteiger partial charge in [-0.05, 0) is 31.1 Å². The summed E-state index contributed by atoms with van der Waals surface area (Å²) in [5.41, 5.74) is 0. The standard InChI is InChI=1S/C10H19O3S/c1-9(7-8-14(11,12)13)10-5-3-2-4-6-10/h10H,2-8H2,1H3,(H,11,12,13). The van der Waals surface area contributed by atoms with Crippen LogP contribution in [0.25, 0.3) is 0 Å². The average Bonchev–Trinajstić information content (AvgIpc) is 2.14. The van der Waals surface area contributed by atoms with Gasteiger partial charge in [0.1, 0.15) is 0 Å². The third-order valence-electron chi connectivity index (χ3n) is 3.06. The Morgan fingerprint density at radius 3 is 2.36 bits per heavy atom. The first kappa shape index (κ1) is 12.0. The fourth-order valence-corrected chi connectivity index (χ4v) is 2.67. The van der Waals surface area contributed by atoms with Crippen molar-refractivity contribution >= 4 is 10.1 Å². The van der Waals surface area contributed by atoms with E-state index >= 15 is 0 Å². The van der Waals surface area contributed by atoms with Crippen molar-refractivity contribution in [1.82, 2.24) is 0 Å². The lowest BCUT2D eigenvalue weighted by Crippen LogP contribution is -2.17. The third-order valence-corrected chi connectivity index (χ3v) is 3.78. The fourth-order valence-electron chi connectivity index (χ4n) is 2.09. The van der Waals surface area contributed by atoms with Crippen LogP contribution in [0, 0.1) is 11.8 Å². The highest BCUT2D eigenvalue weighted by molar-refractivity contribution is 7.85. The zero-order chi connectivity index (χ0) is 10.6. The first-order valence-electron chi connectivity index (χ1n) is 5.26. The number of hydrogen-bond donors (Lipinski definition) is 1. The van der Waals surface area contributed by atoms with Crippen LogP contribution >= 0.6 is 0 Å². The van der Waals surface area contributed by atoms with Gasteiger partial charge in [-0.25, -0.2) is 0 Å². The summed E-state index contributed by atoms with van der Waals surface area (Å²) in [5, 5.41) is 0. The molecular formula is C10H19O3S. The minimum Gasteiger partial charge on any atom is -0.286 e. The van der Waals surface area contributed by atoms with Gasteiger partial charge < -0.3 is 0 Å². The maximum Gasteiger partial charge on any atom is 0.264 e. The Kier molecular flexibility index (Phi) is 4.38. The maximum atomic E-state index is 10.6. The second kappa shape index (κ2) is 5.12. The summed E-state index contributed by atoms with van der Waals surface area (Å²) < 4.78 is 29.7. The van der Waals surface area contributed by atoms with E-state index in [1.165, 1.54) is 38.0 Å². The number of hydrogen-bond acceptors (Lipinski definition) is 2. The lowest BCUT2D eigenvalue weighted by Gasteiger charge is -2.26. The second-order valence-corrected chi connectivity index (χ2v) is 5.79. The van der Waals surface area contributed by atoms with Crippen molar-refractivity contribution in [2.24, 2.45) is 5.92 Å². The molecule has 1 N–H and O–H groups in total. The maximum absolute atomic E-state index is 10.6. The molecule has 0 spiro atoms. The molecular weight excluding hydrogens is 200 g/mol. The van der Waals surface area contributed by atoms with Crippen molar-refractivity contribution in [2.75, 3.05) is 5.75 Å². The van der Waals surface area contributed by atoms with Crippen LogP contribution in [0.1, 0.15) is 45.4 Å². The lowest BCUT2D eigenvalue weighted by atomic mass is 9.80. The molecule has 0 amide bonds. The molecule has 0 bridgehead atoms. The van der Waals surface area contributed by atoms with Crippen molar-refractivity contribution < 1.29 is 13.0 Å². The summed E-state index contributed by atoms with van der Waals surface area (Å²) in [6.07, 6.45) is 6.72. The first-order chi connectivity index (χ1) is 6.49. The largest absolute Gasteiger partial charge is 0.286 e. The lowest BCUT2D eigenvalue weighted by molar-refractivity contribution is 0.361. The SMILES string of the molecule is C[C](CCS(=O)(=O)O)C1CCCCC1. The van der Waals surface area contributed by atoms with Crippen molar-refractivity contribution in [2.45, 2.75) is 45.4 Å². The Hall–Kier alpha value is -0.0900. The van der Waals surface area contributed by atoms with E-state index in [0.717, 1.165) is 0 Å². The van der Waals surface area contributed by atoms with E-state index in [1.54, 1.807) is 0 Å². The minimum atomic E-state index is -3.78. The van der Waals surface area contributed by atoms with Gasteiger partial charge in [0.05, 0.1) is 5.75 Å². The molecule has 0 heterocycles. The van der Waals surface area contributed by atoms with Gasteiger partial charge in [-0.3, -0.25) is 4.55 Å². The normalized spacial score (nSPS) is 20.2. The first-order valence-corrected chi connectivity index (χ1v) is 6.87. The zero-order valence-electron chi connectivity index (χ0n) is 8.70. The fraction of sp³-hybridized carbons (Fsp3) is 0.900. The Morgan fingerprint density at radius 1 is 1.29 bits per heavy atom. The van der Waals surface area contributed by atoms with E-state index in [9.17, 15) is 8.42 Å². The summed E-state index contributed by atoms with van der Waals surface area (Å²) in [7, 11) is -3.78. The molecule has 1 aliphatic carbocycles. The molecule has 14 heavy (non-hydrogen) atoms. The Bertz CT molecular complexity index is 253. The summed E-state index contributed by atoms with van der Waals surface area (Å²) in [6.45, 7) is 2.02. The molecule has 0 aliphatic heterocycles. The van der Waals surface area contributed by atoms with Crippen LogP contribution in [-0.4, -0.2) is 18.7 Å². The molecule has 1 rings (SSSR count). The van der Waals surface area contributed by atoms with Crippen molar-refractivity contribution in [3.05, 3.63) is 5.92 Å². The van der Waals surface area contributed by atoms with E-state index in [2.05, 4.69) is 0 Å². The highest BCUT2D eigenvalue weighted by Crippen LogP contribution is 2.32. The molecule has 83 valence electrons. The van der Waals surface area contributed by atoms with Crippen LogP contribution in [0.2, 0.25) is 0 Å². The minimum absolute atomic E-state index is 0.116. The molecule has 0 aromatic heterocycles. The topological polar surface area (TPSA) is 54.4 Å². The van der Waals surface area contributed by atoms with Crippen LogP contribution in [0.5, 0.6) is 0 Å². The molecule has 1 radical (unpaired) electrons. The van der Waals surface area contributed by atoms with Gasteiger partial charge in [-0.2, -0.15) is 8.42 Å². The number of rotatable bonds is 4. The average molecular weight is 219 g/mol. The van der Waals surface area contributed by atoms with E-state index in [0.29, 0.717) is 12.3 Å². The molecule has 0 unspecified atom stereocenters. The van der Waals surface area contributed by atoms with Gasteiger partial charge in [-0.1, -0.05) is 26.2 Å². The van der Waals surface area contributed by atoms with Crippen molar-refractivity contribution in [1.29, 1.82) is 0 Å². The van der Waals surface area contributed by atoms with Crippen LogP contribution in [-0.2, 0) is 10.1 Å². The molecule has 1 saturated carbocycles. The molecule has 0 atom stereocenters. The van der Waals surface area contributed by atoms with Crippen LogP contribution in [0.4, 0.5) is 0 Å². The molecule has 1 fully saturated rings. The van der Waals surface area contributed by atoms with Crippen molar-refractivity contribution in [3.8, 4) is 0 Å². The van der Waals surface area contributed by atoms with Crippen LogP contribution < -0.4 is 0 Å². The van der Waals surface area contributed by atoms with Crippen LogP contribution in [0.3, 0.4) is 0 Å². The predicted molar refractivity (Wildman–Crippen MR) is 56.5 cm³/mol. The molecule has 0 aromatic carbocycles. The van der Waals surface area contributed by atoms with Gasteiger partial charge in [0.2, 0.25) is 0 Å². The van der Waals surface area contributed by atoms with E-state index in [-0.39, 0.29) is 5.75 Å². The summed E-state index contributed by atoms with van der Waals surface area (Å²) in [4.78, 5) is 0. The zero-order valence-corrected chi connectivity index (χ0v) is 9.52. The van der Waals surface area contributed by atoms with Gasteiger partial charge >= 0.3 is 0 Å². The Morgan fingerprint density at radius 2 is 1.86 bits per heavy atom. The summed E-state index contributed by atoms with van der Waals surface area (Å²) >= 11 is 0. The third kappa shape index (κ3) is 4.42. The highest BCUT2D eigenvalue weighted by Gasteiger charge is 2.21. The molecule has 1 aliphatic rings. The van der Waals surface area contributed by atoms with Gasteiger partial charge in [0.15, 0.2) is 0 Å². The van der Waals surface area contributed by atoms with Gasteiger partial charge in [-0.15, -0.1) is 0 Å². The van der Waals surface area contributed by atoms with E-state index < -0.39 is 10.1 Å². The molecule has 0 saturated heterocycles. The summed E-state index contributed by atoms with van der Waals surface area (Å²) in [6, 6.07) is 0. The van der Waals surface area contributed by atoms with E-state index in [4.69, 9.17) is 4.55 Å². The van der Waals surface area contributed by atoms with Crippen LogP contribution in [0.15, 0.2) is 0 Å². The summed E-state index contributed by atoms with van der Waals surface area (Å²) in [5.74, 6) is 1.71.